The van der Waals surface area contributed by atoms with Crippen LogP contribution in [0.15, 0.2) is 53.4 Å². The maximum absolute atomic E-state index is 13.3. The summed E-state index contributed by atoms with van der Waals surface area (Å²) in [5.41, 5.74) is 1.82. The highest BCUT2D eigenvalue weighted by Crippen LogP contribution is 2.33. The third-order valence-electron chi connectivity index (χ3n) is 4.38. The fourth-order valence-electron chi connectivity index (χ4n) is 2.69. The second-order valence-corrected chi connectivity index (χ2v) is 7.33. The van der Waals surface area contributed by atoms with Gasteiger partial charge in [0.15, 0.2) is 0 Å². The number of amides is 3. The van der Waals surface area contributed by atoms with Gasteiger partial charge in [0.2, 0.25) is 0 Å². The quantitative estimate of drug-likeness (QED) is 0.710. The first-order chi connectivity index (χ1) is 13.4. The van der Waals surface area contributed by atoms with E-state index in [0.29, 0.717) is 28.1 Å². The van der Waals surface area contributed by atoms with Crippen LogP contribution in [-0.2, 0) is 11.3 Å². The molecule has 0 spiro atoms. The van der Waals surface area contributed by atoms with Crippen molar-refractivity contribution in [1.29, 1.82) is 0 Å². The summed E-state index contributed by atoms with van der Waals surface area (Å²) in [5, 5.41) is -0.392. The summed E-state index contributed by atoms with van der Waals surface area (Å²) in [6.45, 7) is 2.53. The van der Waals surface area contributed by atoms with Crippen LogP contribution in [0.4, 0.5) is 9.18 Å². The van der Waals surface area contributed by atoms with Crippen molar-refractivity contribution in [3.05, 3.63) is 75.9 Å². The molecule has 144 valence electrons. The van der Waals surface area contributed by atoms with E-state index in [-0.39, 0.29) is 12.5 Å². The van der Waals surface area contributed by atoms with Crippen molar-refractivity contribution in [2.45, 2.75) is 13.5 Å². The zero-order valence-electron chi connectivity index (χ0n) is 15.5. The first-order valence-corrected chi connectivity index (χ1v) is 9.56. The van der Waals surface area contributed by atoms with Gasteiger partial charge in [-0.3, -0.25) is 19.3 Å². The van der Waals surface area contributed by atoms with Gasteiger partial charge in [0.25, 0.3) is 17.1 Å². The van der Waals surface area contributed by atoms with Crippen molar-refractivity contribution in [1.82, 2.24) is 9.80 Å². The molecule has 0 atom stereocenters. The number of carbonyl (C=O) groups excluding carboxylic acids is 3. The highest BCUT2D eigenvalue weighted by atomic mass is 32.2. The number of imide groups is 1. The summed E-state index contributed by atoms with van der Waals surface area (Å²) in [6.07, 6.45) is 1.62. The van der Waals surface area contributed by atoms with Gasteiger partial charge in [-0.15, -0.1) is 0 Å². The lowest BCUT2D eigenvalue weighted by molar-refractivity contribution is -0.123. The summed E-state index contributed by atoms with van der Waals surface area (Å²) in [5.74, 6) is -0.905. The molecule has 0 N–H and O–H groups in total. The van der Waals surface area contributed by atoms with Gasteiger partial charge >= 0.3 is 0 Å². The molecule has 28 heavy (non-hydrogen) atoms. The molecule has 1 fully saturated rings. The summed E-state index contributed by atoms with van der Waals surface area (Å²) in [7, 11) is 1.73. The highest BCUT2D eigenvalue weighted by molar-refractivity contribution is 8.18. The van der Waals surface area contributed by atoms with Crippen LogP contribution >= 0.6 is 11.8 Å². The Hall–Kier alpha value is -2.93. The molecule has 2 aromatic rings. The largest absolute Gasteiger partial charge is 0.342 e. The monoisotopic (exact) mass is 398 g/mol. The average Bonchev–Trinajstić information content (AvgIpc) is 2.95. The van der Waals surface area contributed by atoms with E-state index < -0.39 is 17.0 Å². The van der Waals surface area contributed by atoms with Gasteiger partial charge in [-0.25, -0.2) is 4.39 Å². The number of benzene rings is 2. The Kier molecular flexibility index (Phi) is 5.94. The van der Waals surface area contributed by atoms with Gasteiger partial charge in [-0.05, 0) is 60.2 Å². The average molecular weight is 398 g/mol. The first-order valence-electron chi connectivity index (χ1n) is 8.74. The fourth-order valence-corrected chi connectivity index (χ4v) is 3.53. The summed E-state index contributed by atoms with van der Waals surface area (Å²) >= 11 is 0.849. The maximum atomic E-state index is 13.3. The Labute approximate surface area is 166 Å². The van der Waals surface area contributed by atoms with Gasteiger partial charge < -0.3 is 4.90 Å². The van der Waals surface area contributed by atoms with E-state index in [0.717, 1.165) is 16.7 Å². The van der Waals surface area contributed by atoms with Gasteiger partial charge in [0.05, 0.1) is 11.4 Å². The third-order valence-corrected chi connectivity index (χ3v) is 5.29. The molecule has 3 rings (SSSR count). The normalized spacial score (nSPS) is 15.4. The van der Waals surface area contributed by atoms with E-state index in [4.69, 9.17) is 0 Å². The Morgan fingerprint density at radius 3 is 2.54 bits per heavy atom. The van der Waals surface area contributed by atoms with E-state index in [1.807, 2.05) is 6.92 Å². The van der Waals surface area contributed by atoms with Crippen LogP contribution in [0.1, 0.15) is 28.4 Å². The highest BCUT2D eigenvalue weighted by Gasteiger charge is 2.35. The van der Waals surface area contributed by atoms with Crippen LogP contribution in [0.5, 0.6) is 0 Å². The second-order valence-electron chi connectivity index (χ2n) is 6.34. The SMILES string of the molecule is CCN(C)C(=O)c1ccc(C=C2SC(=O)N(Cc3cccc(F)c3)C2=O)cc1. The van der Waals surface area contributed by atoms with Gasteiger partial charge in [0, 0.05) is 19.2 Å². The lowest BCUT2D eigenvalue weighted by Crippen LogP contribution is -2.27. The minimum Gasteiger partial charge on any atom is -0.342 e. The number of hydrogen-bond donors (Lipinski definition) is 0. The Balaban J connectivity index is 1.75. The second kappa shape index (κ2) is 8.39. The number of halogens is 1. The molecule has 3 amide bonds. The smallest absolute Gasteiger partial charge is 0.293 e. The molecule has 0 radical (unpaired) electrons. The van der Waals surface area contributed by atoms with Crippen molar-refractivity contribution >= 4 is 34.9 Å². The molecule has 0 unspecified atom stereocenters. The van der Waals surface area contributed by atoms with Crippen LogP contribution in [0.25, 0.3) is 6.08 Å². The third kappa shape index (κ3) is 4.31. The molecule has 7 heteroatoms. The Bertz CT molecular complexity index is 956. The summed E-state index contributed by atoms with van der Waals surface area (Å²) < 4.78 is 13.3. The molecule has 0 saturated carbocycles. The zero-order chi connectivity index (χ0) is 20.3. The molecule has 1 aliphatic heterocycles. The van der Waals surface area contributed by atoms with Crippen LogP contribution in [0.3, 0.4) is 0 Å². The van der Waals surface area contributed by atoms with Crippen molar-refractivity contribution in [2.24, 2.45) is 0 Å². The van der Waals surface area contributed by atoms with Crippen molar-refractivity contribution in [3.63, 3.8) is 0 Å². The number of carbonyl (C=O) groups is 3. The topological polar surface area (TPSA) is 57.7 Å². The van der Waals surface area contributed by atoms with E-state index >= 15 is 0 Å². The Morgan fingerprint density at radius 2 is 1.89 bits per heavy atom. The molecule has 1 heterocycles. The molecule has 1 aliphatic rings. The van der Waals surface area contributed by atoms with E-state index in [1.165, 1.54) is 12.1 Å². The number of nitrogens with zero attached hydrogens (tertiary/aromatic N) is 2. The van der Waals surface area contributed by atoms with Crippen LogP contribution in [0.2, 0.25) is 0 Å². The van der Waals surface area contributed by atoms with Gasteiger partial charge in [-0.2, -0.15) is 0 Å². The standard InChI is InChI=1S/C21H19FN2O3S/c1-3-23(2)19(25)16-9-7-14(8-10-16)12-18-20(26)24(21(27)28-18)13-15-5-4-6-17(22)11-15/h4-12H,3,13H2,1-2H3. The maximum Gasteiger partial charge on any atom is 0.293 e. The molecule has 0 aliphatic carbocycles. The minimum absolute atomic E-state index is 0.0244. The zero-order valence-corrected chi connectivity index (χ0v) is 16.3. The number of thioether (sulfide) groups is 1. The van der Waals surface area contributed by atoms with Crippen LogP contribution in [0, 0.1) is 5.82 Å². The lowest BCUT2D eigenvalue weighted by Gasteiger charge is -2.14. The molecule has 2 aromatic carbocycles. The van der Waals surface area contributed by atoms with Crippen LogP contribution < -0.4 is 0 Å². The Morgan fingerprint density at radius 1 is 1.18 bits per heavy atom. The molecular formula is C21H19FN2O3S. The van der Waals surface area contributed by atoms with Crippen LogP contribution in [-0.4, -0.2) is 40.4 Å². The predicted molar refractivity (Wildman–Crippen MR) is 107 cm³/mol. The predicted octanol–water partition coefficient (Wildman–Crippen LogP) is 4.15. The van der Waals surface area contributed by atoms with E-state index in [1.54, 1.807) is 54.4 Å². The number of rotatable bonds is 5. The fraction of sp³-hybridized carbons (Fsp3) is 0.190. The molecule has 0 aromatic heterocycles. The number of hydrogen-bond acceptors (Lipinski definition) is 4. The van der Waals surface area contributed by atoms with Crippen molar-refractivity contribution < 1.29 is 18.8 Å². The molecular weight excluding hydrogens is 379 g/mol. The van der Waals surface area contributed by atoms with Crippen molar-refractivity contribution in [3.8, 4) is 0 Å². The van der Waals surface area contributed by atoms with E-state index in [9.17, 15) is 18.8 Å². The van der Waals surface area contributed by atoms with Crippen molar-refractivity contribution in [2.75, 3.05) is 13.6 Å². The molecule has 0 bridgehead atoms. The summed E-state index contributed by atoms with van der Waals surface area (Å²) in [4.78, 5) is 39.9. The van der Waals surface area contributed by atoms with Gasteiger partial charge in [-0.1, -0.05) is 24.3 Å². The first kappa shape index (κ1) is 19.8. The summed E-state index contributed by atoms with van der Waals surface area (Å²) in [6, 6.07) is 12.7. The molecule has 1 saturated heterocycles. The minimum atomic E-state index is -0.414. The van der Waals surface area contributed by atoms with Gasteiger partial charge in [0.1, 0.15) is 5.82 Å². The molecule has 5 nitrogen and oxygen atoms in total. The lowest BCUT2D eigenvalue weighted by atomic mass is 10.1. The van der Waals surface area contributed by atoms with E-state index in [2.05, 4.69) is 0 Å².